The molecule has 0 aromatic carbocycles. The van der Waals surface area contributed by atoms with Gasteiger partial charge in [0.05, 0.1) is 10.4 Å². The van der Waals surface area contributed by atoms with E-state index in [1.54, 1.807) is 0 Å². The molecule has 132 valence electrons. The lowest BCUT2D eigenvalue weighted by molar-refractivity contribution is -0.143. The van der Waals surface area contributed by atoms with Crippen LogP contribution in [-0.2, 0) is 0 Å². The summed E-state index contributed by atoms with van der Waals surface area (Å²) in [7, 11) is 0. The second-order valence-corrected chi connectivity index (χ2v) is 11.1. The Morgan fingerprint density at radius 3 is 2.48 bits per heavy atom. The highest BCUT2D eigenvalue weighted by atomic mass is 79.9. The molecule has 4 aliphatic rings. The normalized spacial score (nSPS) is 59.1. The van der Waals surface area contributed by atoms with Crippen LogP contribution in [0, 0.1) is 34.5 Å². The molecule has 1 nitrogen and oxygen atoms in total. The molecular weight excluding hydrogens is 348 g/mol. The second-order valence-electron chi connectivity index (χ2n) is 9.83. The summed E-state index contributed by atoms with van der Waals surface area (Å²) in [4.78, 5) is 0. The lowest BCUT2D eigenvalue weighted by Crippen LogP contribution is -2.67. The molecule has 4 rings (SSSR count). The van der Waals surface area contributed by atoms with Gasteiger partial charge in [0, 0.05) is 0 Å². The molecule has 4 aliphatic carbocycles. The SMILES string of the molecule is CC[C@H]1CC[C@H]2[C@@H]3CCC4CCCC[C@]4(C)[C@@]3(Br)C(O)C[C@]12C. The average Bonchev–Trinajstić information content (AvgIpc) is 2.84. The lowest BCUT2D eigenvalue weighted by Gasteiger charge is -2.66. The van der Waals surface area contributed by atoms with E-state index in [1.807, 2.05) is 0 Å². The number of fused-ring (bicyclic) bond motifs is 5. The zero-order valence-corrected chi connectivity index (χ0v) is 16.9. The summed E-state index contributed by atoms with van der Waals surface area (Å²) in [5.41, 5.74) is 0.688. The van der Waals surface area contributed by atoms with Gasteiger partial charge in [-0.2, -0.15) is 0 Å². The molecular formula is C21H35BrO. The summed E-state index contributed by atoms with van der Waals surface area (Å²) in [6.07, 6.45) is 13.2. The van der Waals surface area contributed by atoms with Crippen molar-refractivity contribution in [3.05, 3.63) is 0 Å². The first-order valence-electron chi connectivity index (χ1n) is 10.2. The van der Waals surface area contributed by atoms with Crippen molar-refractivity contribution in [3.63, 3.8) is 0 Å². The van der Waals surface area contributed by atoms with Gasteiger partial charge in [0.1, 0.15) is 0 Å². The Labute approximate surface area is 151 Å². The Bertz CT molecular complexity index is 478. The van der Waals surface area contributed by atoms with Crippen LogP contribution in [0.4, 0.5) is 0 Å². The smallest absolute Gasteiger partial charge is 0.0706 e. The molecule has 0 heterocycles. The van der Waals surface area contributed by atoms with Gasteiger partial charge in [0.25, 0.3) is 0 Å². The van der Waals surface area contributed by atoms with Crippen molar-refractivity contribution in [2.24, 2.45) is 34.5 Å². The highest BCUT2D eigenvalue weighted by molar-refractivity contribution is 9.10. The minimum Gasteiger partial charge on any atom is -0.392 e. The lowest BCUT2D eigenvalue weighted by atomic mass is 9.44. The van der Waals surface area contributed by atoms with Crippen LogP contribution in [0.25, 0.3) is 0 Å². The highest BCUT2D eigenvalue weighted by Crippen LogP contribution is 2.71. The van der Waals surface area contributed by atoms with Gasteiger partial charge in [0.15, 0.2) is 0 Å². The second kappa shape index (κ2) is 5.47. The Morgan fingerprint density at radius 1 is 1.00 bits per heavy atom. The van der Waals surface area contributed by atoms with Gasteiger partial charge in [-0.1, -0.05) is 56.0 Å². The fourth-order valence-electron chi connectivity index (χ4n) is 8.07. The molecule has 1 N–H and O–H groups in total. The van der Waals surface area contributed by atoms with Crippen LogP contribution in [0.1, 0.15) is 85.0 Å². The molecule has 0 amide bonds. The van der Waals surface area contributed by atoms with Crippen molar-refractivity contribution in [2.45, 2.75) is 95.4 Å². The van der Waals surface area contributed by atoms with Crippen LogP contribution >= 0.6 is 15.9 Å². The van der Waals surface area contributed by atoms with Crippen LogP contribution in [-0.4, -0.2) is 15.5 Å². The molecule has 0 aromatic rings. The van der Waals surface area contributed by atoms with Crippen LogP contribution in [0.2, 0.25) is 0 Å². The molecule has 2 heteroatoms. The predicted molar refractivity (Wildman–Crippen MR) is 99.7 cm³/mol. The van der Waals surface area contributed by atoms with Crippen molar-refractivity contribution in [3.8, 4) is 0 Å². The van der Waals surface area contributed by atoms with Crippen molar-refractivity contribution in [2.75, 3.05) is 0 Å². The van der Waals surface area contributed by atoms with Gasteiger partial charge in [-0.05, 0) is 79.4 Å². The van der Waals surface area contributed by atoms with Crippen LogP contribution in [0.5, 0.6) is 0 Å². The third-order valence-electron chi connectivity index (χ3n) is 9.34. The summed E-state index contributed by atoms with van der Waals surface area (Å²) in [6.45, 7) is 7.40. The van der Waals surface area contributed by atoms with Crippen LogP contribution in [0.15, 0.2) is 0 Å². The van der Waals surface area contributed by atoms with E-state index < -0.39 is 0 Å². The Hall–Kier alpha value is 0.440. The number of halogens is 1. The van der Waals surface area contributed by atoms with Crippen molar-refractivity contribution in [1.29, 1.82) is 0 Å². The molecule has 0 aromatic heterocycles. The van der Waals surface area contributed by atoms with E-state index in [-0.39, 0.29) is 10.4 Å². The summed E-state index contributed by atoms with van der Waals surface area (Å²) in [5, 5.41) is 11.4. The summed E-state index contributed by atoms with van der Waals surface area (Å²) < 4.78 is -0.0177. The first kappa shape index (κ1) is 16.9. The van der Waals surface area contributed by atoms with Crippen LogP contribution in [0.3, 0.4) is 0 Å². The summed E-state index contributed by atoms with van der Waals surface area (Å²) in [6, 6.07) is 0. The number of alkyl halides is 1. The quantitative estimate of drug-likeness (QED) is 0.556. The number of aliphatic hydroxyl groups excluding tert-OH is 1. The van der Waals surface area contributed by atoms with E-state index in [2.05, 4.69) is 36.7 Å². The molecule has 8 atom stereocenters. The fraction of sp³-hybridized carbons (Fsp3) is 1.00. The van der Waals surface area contributed by atoms with E-state index in [9.17, 15) is 5.11 Å². The number of hydrogen-bond donors (Lipinski definition) is 1. The molecule has 0 radical (unpaired) electrons. The van der Waals surface area contributed by atoms with Crippen LogP contribution < -0.4 is 0 Å². The van der Waals surface area contributed by atoms with E-state index in [1.165, 1.54) is 57.8 Å². The zero-order valence-electron chi connectivity index (χ0n) is 15.3. The third kappa shape index (κ3) is 2.00. The monoisotopic (exact) mass is 382 g/mol. The average molecular weight is 383 g/mol. The molecule has 0 bridgehead atoms. The van der Waals surface area contributed by atoms with E-state index in [4.69, 9.17) is 0 Å². The minimum atomic E-state index is -0.160. The molecule has 23 heavy (non-hydrogen) atoms. The van der Waals surface area contributed by atoms with Crippen molar-refractivity contribution in [1.82, 2.24) is 0 Å². The maximum Gasteiger partial charge on any atom is 0.0706 e. The molecule has 4 fully saturated rings. The predicted octanol–water partition coefficient (Wildman–Crippen LogP) is 5.93. The highest BCUT2D eigenvalue weighted by Gasteiger charge is 2.69. The first-order valence-corrected chi connectivity index (χ1v) is 11.0. The topological polar surface area (TPSA) is 20.2 Å². The standard InChI is InChI=1S/C21H35BrO/c1-4-14-8-10-16-17-11-9-15-7-5-6-12-20(15,3)21(17,22)18(23)13-19(14,16)2/h14-18,23H,4-13H2,1-3H3/t14-,15?,16-,17-,18?,19+,20-,21-/m0/s1. The van der Waals surface area contributed by atoms with Gasteiger partial charge in [-0.15, -0.1) is 0 Å². The minimum absolute atomic E-state index is 0.0177. The van der Waals surface area contributed by atoms with Gasteiger partial charge >= 0.3 is 0 Å². The Morgan fingerprint density at radius 2 is 1.74 bits per heavy atom. The summed E-state index contributed by atoms with van der Waals surface area (Å²) in [5.74, 6) is 3.17. The van der Waals surface area contributed by atoms with E-state index in [0.717, 1.165) is 24.2 Å². The first-order chi connectivity index (χ1) is 10.9. The summed E-state index contributed by atoms with van der Waals surface area (Å²) >= 11 is 4.29. The zero-order chi connectivity index (χ0) is 16.5. The number of hydrogen-bond acceptors (Lipinski definition) is 1. The maximum absolute atomic E-state index is 11.4. The third-order valence-corrected chi connectivity index (χ3v) is 11.4. The molecule has 0 saturated heterocycles. The Kier molecular flexibility index (Phi) is 4.01. The molecule has 2 unspecified atom stereocenters. The fourth-order valence-corrected chi connectivity index (χ4v) is 9.30. The van der Waals surface area contributed by atoms with E-state index in [0.29, 0.717) is 16.7 Å². The molecule has 0 aliphatic heterocycles. The van der Waals surface area contributed by atoms with Gasteiger partial charge in [-0.25, -0.2) is 0 Å². The van der Waals surface area contributed by atoms with E-state index >= 15 is 0 Å². The van der Waals surface area contributed by atoms with Gasteiger partial charge in [0.2, 0.25) is 0 Å². The Balaban J connectivity index is 1.75. The van der Waals surface area contributed by atoms with Gasteiger partial charge < -0.3 is 5.11 Å². The maximum atomic E-state index is 11.4. The number of aliphatic hydroxyl groups is 1. The largest absolute Gasteiger partial charge is 0.392 e. The van der Waals surface area contributed by atoms with Crippen molar-refractivity contribution < 1.29 is 5.11 Å². The molecule has 4 saturated carbocycles. The van der Waals surface area contributed by atoms with Gasteiger partial charge in [-0.3, -0.25) is 0 Å². The van der Waals surface area contributed by atoms with Crippen molar-refractivity contribution >= 4 is 15.9 Å². The molecule has 0 spiro atoms. The number of rotatable bonds is 1.